The maximum absolute atomic E-state index is 12.5. The van der Waals surface area contributed by atoms with Crippen LogP contribution < -0.4 is 24.0 Å². The van der Waals surface area contributed by atoms with E-state index in [1.54, 1.807) is 5.57 Å². The van der Waals surface area contributed by atoms with Gasteiger partial charge in [-0.3, -0.25) is 0 Å². The monoisotopic (exact) mass is 378 g/mol. The standard InChI is InChI=1S/C24H36O3.Li/c1-23-12-10-17(27-22-5-3-4-14-26-22)15-16(23)6-7-18-19-8-9-21(25)24(19,2)13-11-20(18)23;/h6,9,17-20,22,25H,3-5,7-8,10-15H2,1-2H3;/q;+1/p-1/t17?,18?,19?,20?,22?,23-,24-;/m0./s1. The van der Waals surface area contributed by atoms with Gasteiger partial charge in [-0.2, -0.15) is 0 Å². The van der Waals surface area contributed by atoms with Gasteiger partial charge in [0.1, 0.15) is 0 Å². The molecule has 3 nitrogen and oxygen atoms in total. The van der Waals surface area contributed by atoms with Gasteiger partial charge < -0.3 is 14.6 Å². The third-order valence-corrected chi connectivity index (χ3v) is 9.05. The van der Waals surface area contributed by atoms with Crippen LogP contribution in [0.1, 0.15) is 78.1 Å². The Hall–Kier alpha value is -0.203. The van der Waals surface area contributed by atoms with E-state index in [9.17, 15) is 5.11 Å². The van der Waals surface area contributed by atoms with E-state index >= 15 is 0 Å². The molecule has 0 spiro atoms. The average Bonchev–Trinajstić information content (AvgIpc) is 2.98. The molecule has 0 aromatic carbocycles. The van der Waals surface area contributed by atoms with Crippen molar-refractivity contribution >= 4 is 0 Å². The smallest absolute Gasteiger partial charge is 0.875 e. The van der Waals surface area contributed by atoms with Crippen LogP contribution in [0, 0.1) is 28.6 Å². The summed E-state index contributed by atoms with van der Waals surface area (Å²) >= 11 is 0. The summed E-state index contributed by atoms with van der Waals surface area (Å²) in [5.41, 5.74) is 1.90. The van der Waals surface area contributed by atoms with Crippen molar-refractivity contribution in [3.05, 3.63) is 23.5 Å². The molecule has 7 atom stereocenters. The molecule has 5 rings (SSSR count). The fourth-order valence-electron chi connectivity index (χ4n) is 7.30. The molecule has 0 radical (unpaired) electrons. The summed E-state index contributed by atoms with van der Waals surface area (Å²) in [5, 5.41) is 12.5. The number of fused-ring (bicyclic) bond motifs is 5. The maximum Gasteiger partial charge on any atom is 1.00 e. The Morgan fingerprint density at radius 3 is 2.61 bits per heavy atom. The molecule has 0 aromatic rings. The molecular formula is C24H35LiO3. The summed E-state index contributed by atoms with van der Waals surface area (Å²) in [5.74, 6) is 2.44. The van der Waals surface area contributed by atoms with Crippen LogP contribution in [-0.4, -0.2) is 19.0 Å². The first-order chi connectivity index (χ1) is 13.0. The maximum atomic E-state index is 12.5. The van der Waals surface area contributed by atoms with Crippen molar-refractivity contribution < 1.29 is 33.4 Å². The van der Waals surface area contributed by atoms with Crippen LogP contribution in [0.25, 0.3) is 0 Å². The number of ether oxygens (including phenoxy) is 2. The predicted octanol–water partition coefficient (Wildman–Crippen LogP) is 1.72. The molecule has 0 bridgehead atoms. The van der Waals surface area contributed by atoms with Crippen LogP contribution in [0.5, 0.6) is 0 Å². The van der Waals surface area contributed by atoms with Crippen molar-refractivity contribution in [1.82, 2.24) is 0 Å². The Bertz CT molecular complexity index is 652. The van der Waals surface area contributed by atoms with E-state index < -0.39 is 0 Å². The molecule has 4 aliphatic carbocycles. The molecular weight excluding hydrogens is 343 g/mol. The minimum Gasteiger partial charge on any atom is -0.875 e. The predicted molar refractivity (Wildman–Crippen MR) is 104 cm³/mol. The van der Waals surface area contributed by atoms with Gasteiger partial charge in [-0.15, -0.1) is 5.76 Å². The second-order valence-corrected chi connectivity index (χ2v) is 10.3. The Kier molecular flexibility index (Phi) is 5.87. The number of allylic oxidation sites excluding steroid dienone is 3. The second kappa shape index (κ2) is 7.81. The van der Waals surface area contributed by atoms with E-state index in [1.165, 1.54) is 32.1 Å². The van der Waals surface area contributed by atoms with Gasteiger partial charge in [-0.05, 0) is 92.8 Å². The van der Waals surface area contributed by atoms with Gasteiger partial charge in [0.15, 0.2) is 6.29 Å². The number of hydrogen-bond acceptors (Lipinski definition) is 3. The van der Waals surface area contributed by atoms with Gasteiger partial charge in [0.25, 0.3) is 0 Å². The molecule has 28 heavy (non-hydrogen) atoms. The van der Waals surface area contributed by atoms with E-state index in [-0.39, 0.29) is 30.6 Å². The first-order valence-electron chi connectivity index (χ1n) is 11.3. The van der Waals surface area contributed by atoms with Gasteiger partial charge in [0.05, 0.1) is 6.10 Å². The molecule has 1 saturated heterocycles. The van der Waals surface area contributed by atoms with E-state index in [0.29, 0.717) is 29.1 Å². The molecule has 2 saturated carbocycles. The Morgan fingerprint density at radius 1 is 1.00 bits per heavy atom. The SMILES string of the molecule is C[C@]12CCC(OC3CCCCO3)CC1=CCC1C2CC[C@]2(C)C([O-])=CCC12.[Li+]. The molecule has 150 valence electrons. The van der Waals surface area contributed by atoms with Gasteiger partial charge >= 0.3 is 18.9 Å². The number of hydrogen-bond donors (Lipinski definition) is 0. The third kappa shape index (κ3) is 3.26. The molecule has 5 aliphatic rings. The first-order valence-corrected chi connectivity index (χ1v) is 11.3. The molecule has 4 heteroatoms. The largest absolute Gasteiger partial charge is 1.00 e. The van der Waals surface area contributed by atoms with Crippen molar-refractivity contribution in [3.8, 4) is 0 Å². The number of rotatable bonds is 2. The van der Waals surface area contributed by atoms with Crippen LogP contribution in [0.4, 0.5) is 0 Å². The fraction of sp³-hybridized carbons (Fsp3) is 0.833. The van der Waals surface area contributed by atoms with Gasteiger partial charge in [0, 0.05) is 6.61 Å². The zero-order chi connectivity index (χ0) is 18.6. The summed E-state index contributed by atoms with van der Waals surface area (Å²) in [6.45, 7) is 5.62. The van der Waals surface area contributed by atoms with Crippen LogP contribution in [0.15, 0.2) is 23.5 Å². The third-order valence-electron chi connectivity index (χ3n) is 9.05. The van der Waals surface area contributed by atoms with Crippen molar-refractivity contribution in [2.24, 2.45) is 28.6 Å². The average molecular weight is 378 g/mol. The summed E-state index contributed by atoms with van der Waals surface area (Å²) < 4.78 is 12.2. The van der Waals surface area contributed by atoms with Crippen molar-refractivity contribution in [2.45, 2.75) is 90.4 Å². The minimum absolute atomic E-state index is 0. The second-order valence-electron chi connectivity index (χ2n) is 10.3. The summed E-state index contributed by atoms with van der Waals surface area (Å²) in [4.78, 5) is 0. The van der Waals surface area contributed by atoms with Gasteiger partial charge in [-0.25, -0.2) is 0 Å². The summed E-state index contributed by atoms with van der Waals surface area (Å²) in [6, 6.07) is 0. The minimum atomic E-state index is -0.0680. The summed E-state index contributed by atoms with van der Waals surface area (Å²) in [7, 11) is 0. The Balaban J connectivity index is 0.00000192. The Labute approximate surface area is 182 Å². The van der Waals surface area contributed by atoms with Crippen LogP contribution in [0.3, 0.4) is 0 Å². The quantitative estimate of drug-likeness (QED) is 0.543. The zero-order valence-electron chi connectivity index (χ0n) is 18.0. The Morgan fingerprint density at radius 2 is 1.82 bits per heavy atom. The van der Waals surface area contributed by atoms with Crippen molar-refractivity contribution in [1.29, 1.82) is 0 Å². The van der Waals surface area contributed by atoms with Gasteiger partial charge in [-0.1, -0.05) is 31.6 Å². The fourth-order valence-corrected chi connectivity index (χ4v) is 7.30. The van der Waals surface area contributed by atoms with Crippen LogP contribution in [-0.2, 0) is 9.47 Å². The summed E-state index contributed by atoms with van der Waals surface area (Å²) in [6.07, 6.45) is 16.4. The molecule has 1 heterocycles. The van der Waals surface area contributed by atoms with Crippen molar-refractivity contribution in [2.75, 3.05) is 6.61 Å². The van der Waals surface area contributed by atoms with E-state index in [4.69, 9.17) is 9.47 Å². The molecule has 5 unspecified atom stereocenters. The zero-order valence-corrected chi connectivity index (χ0v) is 18.0. The van der Waals surface area contributed by atoms with Crippen LogP contribution >= 0.6 is 0 Å². The normalized spacial score (nSPS) is 47.7. The van der Waals surface area contributed by atoms with Crippen LogP contribution in [0.2, 0.25) is 0 Å². The van der Waals surface area contributed by atoms with E-state index in [0.717, 1.165) is 44.6 Å². The topological polar surface area (TPSA) is 41.5 Å². The molecule has 1 aliphatic heterocycles. The van der Waals surface area contributed by atoms with Gasteiger partial charge in [0.2, 0.25) is 0 Å². The van der Waals surface area contributed by atoms with Crippen molar-refractivity contribution in [3.63, 3.8) is 0 Å². The first kappa shape index (κ1) is 21.0. The molecule has 0 amide bonds. The van der Waals surface area contributed by atoms with E-state index in [2.05, 4.69) is 19.9 Å². The van der Waals surface area contributed by atoms with E-state index in [1.807, 2.05) is 6.08 Å². The molecule has 0 N–H and O–H groups in total. The molecule has 3 fully saturated rings. The molecule has 0 aromatic heterocycles.